The molecule has 154 valence electrons. The van der Waals surface area contributed by atoms with E-state index in [2.05, 4.69) is 20.5 Å². The standard InChI is InChI=1S/C22H17N5O4/c28-22(17-5-1-4-8-20(17)27(29)30)26-23-13-15-9-11-16(12-10-15)31-14-21-24-18-6-2-3-7-19(18)25-21/h1-13H,14H2,(H,24,25)(H,26,28)/b23-13-. The molecular formula is C22H17N5O4. The number of aromatic amines is 1. The minimum absolute atomic E-state index is 0.0565. The Bertz CT molecular complexity index is 1230. The Morgan fingerprint density at radius 1 is 1.10 bits per heavy atom. The topological polar surface area (TPSA) is 123 Å². The third-order valence-electron chi connectivity index (χ3n) is 4.42. The van der Waals surface area contributed by atoms with Crippen molar-refractivity contribution in [3.63, 3.8) is 0 Å². The van der Waals surface area contributed by atoms with Crippen LogP contribution in [0, 0.1) is 10.1 Å². The van der Waals surface area contributed by atoms with Crippen LogP contribution >= 0.6 is 0 Å². The van der Waals surface area contributed by atoms with Crippen LogP contribution in [-0.4, -0.2) is 27.0 Å². The van der Waals surface area contributed by atoms with Crippen molar-refractivity contribution < 1.29 is 14.5 Å². The summed E-state index contributed by atoms with van der Waals surface area (Å²) in [6, 6.07) is 20.5. The van der Waals surface area contributed by atoms with Gasteiger partial charge in [-0.3, -0.25) is 14.9 Å². The molecule has 0 aliphatic rings. The van der Waals surface area contributed by atoms with Gasteiger partial charge < -0.3 is 9.72 Å². The van der Waals surface area contributed by atoms with Crippen LogP contribution in [0.2, 0.25) is 0 Å². The molecule has 31 heavy (non-hydrogen) atoms. The number of amides is 1. The van der Waals surface area contributed by atoms with Crippen molar-refractivity contribution in [2.75, 3.05) is 0 Å². The lowest BCUT2D eigenvalue weighted by molar-refractivity contribution is -0.385. The molecule has 4 aromatic rings. The number of nitrogens with zero attached hydrogens (tertiary/aromatic N) is 3. The summed E-state index contributed by atoms with van der Waals surface area (Å²) in [6.07, 6.45) is 1.44. The van der Waals surface area contributed by atoms with E-state index in [1.54, 1.807) is 30.3 Å². The van der Waals surface area contributed by atoms with Crippen molar-refractivity contribution in [1.29, 1.82) is 0 Å². The Labute approximate surface area is 176 Å². The maximum absolute atomic E-state index is 12.1. The molecule has 1 amide bonds. The summed E-state index contributed by atoms with van der Waals surface area (Å²) < 4.78 is 5.74. The van der Waals surface area contributed by atoms with Crippen molar-refractivity contribution >= 4 is 28.8 Å². The number of imidazole rings is 1. The molecule has 0 atom stereocenters. The minimum Gasteiger partial charge on any atom is -0.486 e. The van der Waals surface area contributed by atoms with Gasteiger partial charge in [-0.25, -0.2) is 10.4 Å². The number of nitrogens with one attached hydrogen (secondary N) is 2. The first kappa shape index (κ1) is 19.8. The summed E-state index contributed by atoms with van der Waals surface area (Å²) >= 11 is 0. The van der Waals surface area contributed by atoms with Crippen LogP contribution in [0.3, 0.4) is 0 Å². The number of aromatic nitrogens is 2. The van der Waals surface area contributed by atoms with E-state index in [1.807, 2.05) is 24.3 Å². The van der Waals surface area contributed by atoms with Crippen LogP contribution in [0.4, 0.5) is 5.69 Å². The largest absolute Gasteiger partial charge is 0.486 e. The highest BCUT2D eigenvalue weighted by Crippen LogP contribution is 2.17. The van der Waals surface area contributed by atoms with Gasteiger partial charge in [0.25, 0.3) is 11.6 Å². The van der Waals surface area contributed by atoms with Gasteiger partial charge in [-0.05, 0) is 48.0 Å². The summed E-state index contributed by atoms with van der Waals surface area (Å²) in [6.45, 7) is 0.300. The number of ether oxygens (including phenoxy) is 1. The highest BCUT2D eigenvalue weighted by atomic mass is 16.6. The summed E-state index contributed by atoms with van der Waals surface area (Å²) in [5.74, 6) is 0.723. The number of carbonyl (C=O) groups is 1. The molecule has 2 N–H and O–H groups in total. The molecule has 1 aromatic heterocycles. The predicted octanol–water partition coefficient (Wildman–Crippen LogP) is 3.81. The molecule has 0 bridgehead atoms. The number of hydrazone groups is 1. The molecule has 0 saturated heterocycles. The Balaban J connectivity index is 1.33. The van der Waals surface area contributed by atoms with Crippen molar-refractivity contribution in [3.05, 3.63) is 99.9 Å². The van der Waals surface area contributed by atoms with Gasteiger partial charge in [0.05, 0.1) is 22.2 Å². The normalized spacial score (nSPS) is 11.0. The number of para-hydroxylation sites is 3. The first-order valence-corrected chi connectivity index (χ1v) is 9.33. The van der Waals surface area contributed by atoms with Gasteiger partial charge in [-0.2, -0.15) is 5.10 Å². The number of fused-ring (bicyclic) bond motifs is 1. The summed E-state index contributed by atoms with van der Waals surface area (Å²) in [5, 5.41) is 14.9. The van der Waals surface area contributed by atoms with E-state index in [-0.39, 0.29) is 11.3 Å². The fourth-order valence-electron chi connectivity index (χ4n) is 2.93. The Morgan fingerprint density at radius 3 is 2.61 bits per heavy atom. The first-order valence-electron chi connectivity index (χ1n) is 9.33. The molecule has 9 nitrogen and oxygen atoms in total. The Hall–Kier alpha value is -4.53. The average molecular weight is 415 g/mol. The van der Waals surface area contributed by atoms with E-state index in [1.165, 1.54) is 24.4 Å². The highest BCUT2D eigenvalue weighted by Gasteiger charge is 2.18. The summed E-state index contributed by atoms with van der Waals surface area (Å²) in [5.41, 5.74) is 4.53. The van der Waals surface area contributed by atoms with Crippen LogP contribution < -0.4 is 10.2 Å². The van der Waals surface area contributed by atoms with Crippen LogP contribution in [0.15, 0.2) is 77.9 Å². The smallest absolute Gasteiger partial charge is 0.282 e. The lowest BCUT2D eigenvalue weighted by atomic mass is 10.2. The lowest BCUT2D eigenvalue weighted by Crippen LogP contribution is -2.18. The molecular weight excluding hydrogens is 398 g/mol. The average Bonchev–Trinajstić information content (AvgIpc) is 3.21. The number of nitro benzene ring substituents is 1. The fraction of sp³-hybridized carbons (Fsp3) is 0.0455. The molecule has 0 spiro atoms. The van der Waals surface area contributed by atoms with Gasteiger partial charge in [0, 0.05) is 6.07 Å². The number of hydrogen-bond acceptors (Lipinski definition) is 6. The summed E-state index contributed by atoms with van der Waals surface area (Å²) in [7, 11) is 0. The van der Waals surface area contributed by atoms with E-state index >= 15 is 0 Å². The van der Waals surface area contributed by atoms with E-state index in [0.29, 0.717) is 12.4 Å². The lowest BCUT2D eigenvalue weighted by Gasteiger charge is -2.04. The van der Waals surface area contributed by atoms with Gasteiger partial charge >= 0.3 is 0 Å². The van der Waals surface area contributed by atoms with Gasteiger partial charge in [0.2, 0.25) is 0 Å². The van der Waals surface area contributed by atoms with Gasteiger partial charge in [-0.1, -0.05) is 24.3 Å². The van der Waals surface area contributed by atoms with Crippen molar-refractivity contribution in [3.8, 4) is 5.75 Å². The van der Waals surface area contributed by atoms with Gasteiger partial charge in [-0.15, -0.1) is 0 Å². The highest BCUT2D eigenvalue weighted by molar-refractivity contribution is 5.98. The maximum Gasteiger partial charge on any atom is 0.282 e. The first-order chi connectivity index (χ1) is 15.1. The number of H-pyrrole nitrogens is 1. The molecule has 1 heterocycles. The second-order valence-electron chi connectivity index (χ2n) is 6.53. The van der Waals surface area contributed by atoms with Crippen LogP contribution in [0.5, 0.6) is 5.75 Å². The van der Waals surface area contributed by atoms with Crippen LogP contribution in [0.1, 0.15) is 21.7 Å². The van der Waals surface area contributed by atoms with Gasteiger partial charge in [0.1, 0.15) is 23.7 Å². The molecule has 0 saturated carbocycles. The third kappa shape index (κ3) is 4.73. The summed E-state index contributed by atoms with van der Waals surface area (Å²) in [4.78, 5) is 30.2. The second-order valence-corrected chi connectivity index (χ2v) is 6.53. The number of hydrogen-bond donors (Lipinski definition) is 2. The monoisotopic (exact) mass is 415 g/mol. The Morgan fingerprint density at radius 2 is 1.84 bits per heavy atom. The number of benzene rings is 3. The van der Waals surface area contributed by atoms with Crippen LogP contribution in [-0.2, 0) is 6.61 Å². The Kier molecular flexibility index (Phi) is 5.66. The number of rotatable bonds is 7. The molecule has 4 rings (SSSR count). The zero-order valence-corrected chi connectivity index (χ0v) is 16.2. The zero-order valence-electron chi connectivity index (χ0n) is 16.2. The van der Waals surface area contributed by atoms with Crippen molar-refractivity contribution in [1.82, 2.24) is 15.4 Å². The van der Waals surface area contributed by atoms with E-state index < -0.39 is 10.8 Å². The molecule has 3 aromatic carbocycles. The molecule has 0 aliphatic carbocycles. The molecule has 0 unspecified atom stereocenters. The van der Waals surface area contributed by atoms with Crippen LogP contribution in [0.25, 0.3) is 11.0 Å². The molecule has 0 fully saturated rings. The van der Waals surface area contributed by atoms with Crippen molar-refractivity contribution in [2.24, 2.45) is 5.10 Å². The zero-order chi connectivity index (χ0) is 21.6. The van der Waals surface area contributed by atoms with Crippen molar-refractivity contribution in [2.45, 2.75) is 6.61 Å². The molecule has 0 aliphatic heterocycles. The van der Waals surface area contributed by atoms with E-state index in [0.717, 1.165) is 22.4 Å². The van der Waals surface area contributed by atoms with E-state index in [9.17, 15) is 14.9 Å². The number of carbonyl (C=O) groups excluding carboxylic acids is 1. The van der Waals surface area contributed by atoms with E-state index in [4.69, 9.17) is 4.74 Å². The fourth-order valence-corrected chi connectivity index (χ4v) is 2.93. The second kappa shape index (κ2) is 8.87. The number of nitro groups is 1. The molecule has 0 radical (unpaired) electrons. The van der Waals surface area contributed by atoms with Gasteiger partial charge in [0.15, 0.2) is 0 Å². The molecule has 9 heteroatoms. The SMILES string of the molecule is O=C(N/N=C\c1ccc(OCc2nc3ccccc3[nH]2)cc1)c1ccccc1[N+](=O)[O-]. The third-order valence-corrected chi connectivity index (χ3v) is 4.42. The maximum atomic E-state index is 12.1. The predicted molar refractivity (Wildman–Crippen MR) is 115 cm³/mol. The quantitative estimate of drug-likeness (QED) is 0.270. The minimum atomic E-state index is -0.658.